The Hall–Kier alpha value is -3.07. The van der Waals surface area contributed by atoms with Crippen molar-refractivity contribution >= 4 is 23.8 Å². The Bertz CT molecular complexity index is 986. The maximum atomic E-state index is 4.67. The summed E-state index contributed by atoms with van der Waals surface area (Å²) in [6.07, 6.45) is 3.62. The third-order valence-corrected chi connectivity index (χ3v) is 4.31. The van der Waals surface area contributed by atoms with Crippen LogP contribution >= 0.6 is 0 Å². The van der Waals surface area contributed by atoms with Crippen molar-refractivity contribution in [2.75, 3.05) is 0 Å². The number of aromatic nitrogens is 1. The van der Waals surface area contributed by atoms with Gasteiger partial charge < -0.3 is 0 Å². The van der Waals surface area contributed by atoms with Crippen LogP contribution in [0.25, 0.3) is 0 Å². The number of benzene rings is 2. The third kappa shape index (κ3) is 4.98. The average molecular weight is 355 g/mol. The molecule has 0 aliphatic rings. The first-order valence-electron chi connectivity index (χ1n) is 9.12. The Morgan fingerprint density at radius 2 is 1.19 bits per heavy atom. The number of aryl methyl sites for hydroxylation is 5. The van der Waals surface area contributed by atoms with Crippen LogP contribution < -0.4 is 0 Å². The number of hydrogen-bond donors (Lipinski definition) is 0. The molecule has 0 spiro atoms. The van der Waals surface area contributed by atoms with Gasteiger partial charge in [-0.05, 0) is 81.1 Å². The van der Waals surface area contributed by atoms with Gasteiger partial charge in [-0.3, -0.25) is 9.98 Å². The summed E-state index contributed by atoms with van der Waals surface area (Å²) >= 11 is 0. The molecule has 0 atom stereocenters. The molecule has 0 N–H and O–H groups in total. The SMILES string of the molecule is Cc1cc(C)cc(N=Cc2cccc(C=Nc3c(C)cc(C)cc3C)n2)c1. The zero-order valence-electron chi connectivity index (χ0n) is 16.6. The zero-order valence-corrected chi connectivity index (χ0v) is 16.6. The van der Waals surface area contributed by atoms with Crippen molar-refractivity contribution in [2.24, 2.45) is 9.98 Å². The monoisotopic (exact) mass is 355 g/mol. The van der Waals surface area contributed by atoms with Gasteiger partial charge in [-0.2, -0.15) is 0 Å². The second kappa shape index (κ2) is 8.09. The molecule has 3 heteroatoms. The van der Waals surface area contributed by atoms with Crippen molar-refractivity contribution in [1.82, 2.24) is 4.98 Å². The van der Waals surface area contributed by atoms with Crippen LogP contribution in [0.15, 0.2) is 58.5 Å². The fourth-order valence-electron chi connectivity index (χ4n) is 3.29. The Balaban J connectivity index is 1.83. The van der Waals surface area contributed by atoms with E-state index in [1.165, 1.54) is 27.8 Å². The Morgan fingerprint density at radius 1 is 0.667 bits per heavy atom. The summed E-state index contributed by atoms with van der Waals surface area (Å²) in [4.78, 5) is 13.9. The lowest BCUT2D eigenvalue weighted by Gasteiger charge is -2.06. The molecule has 0 saturated heterocycles. The molecular formula is C24H25N3. The number of hydrogen-bond acceptors (Lipinski definition) is 3. The highest BCUT2D eigenvalue weighted by atomic mass is 14.8. The normalized spacial score (nSPS) is 11.6. The van der Waals surface area contributed by atoms with E-state index in [4.69, 9.17) is 0 Å². The summed E-state index contributed by atoms with van der Waals surface area (Å²) in [5.74, 6) is 0. The van der Waals surface area contributed by atoms with E-state index >= 15 is 0 Å². The number of aliphatic imine (C=N–C) groups is 2. The second-order valence-electron chi connectivity index (χ2n) is 7.10. The molecule has 1 heterocycles. The van der Waals surface area contributed by atoms with Crippen LogP contribution in [0.5, 0.6) is 0 Å². The molecule has 3 rings (SSSR count). The van der Waals surface area contributed by atoms with E-state index in [0.29, 0.717) is 0 Å². The quantitative estimate of drug-likeness (QED) is 0.519. The zero-order chi connectivity index (χ0) is 19.4. The fraction of sp³-hybridized carbons (Fsp3) is 0.208. The van der Waals surface area contributed by atoms with Crippen molar-refractivity contribution in [3.8, 4) is 0 Å². The predicted octanol–water partition coefficient (Wildman–Crippen LogP) is 6.12. The lowest BCUT2D eigenvalue weighted by molar-refractivity contribution is 1.26. The van der Waals surface area contributed by atoms with E-state index in [9.17, 15) is 0 Å². The molecule has 3 nitrogen and oxygen atoms in total. The van der Waals surface area contributed by atoms with Gasteiger partial charge in [0.25, 0.3) is 0 Å². The molecule has 0 unspecified atom stereocenters. The molecule has 3 aromatic rings. The second-order valence-corrected chi connectivity index (χ2v) is 7.10. The summed E-state index contributed by atoms with van der Waals surface area (Å²) in [5.41, 5.74) is 9.61. The molecule has 1 aromatic heterocycles. The highest BCUT2D eigenvalue weighted by molar-refractivity contribution is 5.84. The highest BCUT2D eigenvalue weighted by Crippen LogP contribution is 2.24. The van der Waals surface area contributed by atoms with Gasteiger partial charge in [-0.15, -0.1) is 0 Å². The average Bonchev–Trinajstić information content (AvgIpc) is 2.58. The first-order valence-corrected chi connectivity index (χ1v) is 9.12. The minimum absolute atomic E-state index is 0.815. The molecule has 0 amide bonds. The van der Waals surface area contributed by atoms with Crippen molar-refractivity contribution in [1.29, 1.82) is 0 Å². The van der Waals surface area contributed by atoms with E-state index in [1.807, 2.05) is 24.4 Å². The maximum Gasteiger partial charge on any atom is 0.0820 e. The molecule has 0 bridgehead atoms. The van der Waals surface area contributed by atoms with Gasteiger partial charge in [0.15, 0.2) is 0 Å². The molecule has 0 aliphatic heterocycles. The summed E-state index contributed by atoms with van der Waals surface area (Å²) in [5, 5.41) is 0. The Kier molecular flexibility index (Phi) is 5.60. The lowest BCUT2D eigenvalue weighted by atomic mass is 10.1. The Labute approximate surface area is 161 Å². The minimum atomic E-state index is 0.815. The van der Waals surface area contributed by atoms with Crippen molar-refractivity contribution in [3.05, 3.63) is 87.7 Å². The summed E-state index contributed by atoms with van der Waals surface area (Å²) in [6.45, 7) is 10.4. The van der Waals surface area contributed by atoms with Gasteiger partial charge in [-0.1, -0.05) is 29.8 Å². The van der Waals surface area contributed by atoms with Gasteiger partial charge >= 0.3 is 0 Å². The van der Waals surface area contributed by atoms with Gasteiger partial charge in [0, 0.05) is 0 Å². The van der Waals surface area contributed by atoms with Gasteiger partial charge in [0.05, 0.1) is 35.2 Å². The number of nitrogens with zero attached hydrogens (tertiary/aromatic N) is 3. The van der Waals surface area contributed by atoms with Gasteiger partial charge in [0.2, 0.25) is 0 Å². The maximum absolute atomic E-state index is 4.67. The molecule has 0 fully saturated rings. The molecule has 0 saturated carbocycles. The van der Waals surface area contributed by atoms with Crippen LogP contribution in [0.3, 0.4) is 0 Å². The summed E-state index contributed by atoms with van der Waals surface area (Å²) in [6, 6.07) is 16.5. The van der Waals surface area contributed by atoms with E-state index in [-0.39, 0.29) is 0 Å². The standard InChI is InChI=1S/C24H25N3/c1-16-9-17(2)13-23(12-16)25-14-21-7-6-8-22(27-21)15-26-24-19(4)10-18(3)11-20(24)5/h6-15H,1-5H3. The minimum Gasteiger partial charge on any atom is -0.255 e. The third-order valence-electron chi connectivity index (χ3n) is 4.31. The van der Waals surface area contributed by atoms with E-state index in [0.717, 1.165) is 22.8 Å². The first kappa shape index (κ1) is 18.7. The molecular weight excluding hydrogens is 330 g/mol. The predicted molar refractivity (Wildman–Crippen MR) is 115 cm³/mol. The topological polar surface area (TPSA) is 37.6 Å². The van der Waals surface area contributed by atoms with Crippen LogP contribution in [0.2, 0.25) is 0 Å². The van der Waals surface area contributed by atoms with Crippen LogP contribution in [0.1, 0.15) is 39.2 Å². The van der Waals surface area contributed by atoms with Crippen LogP contribution in [0.4, 0.5) is 11.4 Å². The summed E-state index contributed by atoms with van der Waals surface area (Å²) < 4.78 is 0. The highest BCUT2D eigenvalue weighted by Gasteiger charge is 2.02. The van der Waals surface area contributed by atoms with Crippen LogP contribution in [0, 0.1) is 34.6 Å². The fourth-order valence-corrected chi connectivity index (χ4v) is 3.29. The van der Waals surface area contributed by atoms with E-state index in [2.05, 4.69) is 79.9 Å². The number of rotatable bonds is 4. The van der Waals surface area contributed by atoms with E-state index in [1.54, 1.807) is 6.21 Å². The molecule has 0 radical (unpaired) electrons. The number of pyridine rings is 1. The van der Waals surface area contributed by atoms with Gasteiger partial charge in [0.1, 0.15) is 0 Å². The molecule has 136 valence electrons. The molecule has 2 aromatic carbocycles. The smallest absolute Gasteiger partial charge is 0.0820 e. The molecule has 27 heavy (non-hydrogen) atoms. The van der Waals surface area contributed by atoms with Crippen molar-refractivity contribution in [3.63, 3.8) is 0 Å². The van der Waals surface area contributed by atoms with Crippen molar-refractivity contribution < 1.29 is 0 Å². The lowest BCUT2D eigenvalue weighted by Crippen LogP contribution is -1.93. The first-order chi connectivity index (χ1) is 12.9. The largest absolute Gasteiger partial charge is 0.255 e. The van der Waals surface area contributed by atoms with Gasteiger partial charge in [-0.25, -0.2) is 4.98 Å². The molecule has 0 aliphatic carbocycles. The summed E-state index contributed by atoms with van der Waals surface area (Å²) in [7, 11) is 0. The van der Waals surface area contributed by atoms with Crippen LogP contribution in [-0.2, 0) is 0 Å². The van der Waals surface area contributed by atoms with Crippen LogP contribution in [-0.4, -0.2) is 17.4 Å². The van der Waals surface area contributed by atoms with E-state index < -0.39 is 0 Å². The Morgan fingerprint density at radius 3 is 1.78 bits per heavy atom. The van der Waals surface area contributed by atoms with Crippen molar-refractivity contribution in [2.45, 2.75) is 34.6 Å².